The molecular weight excluding hydrogens is 358 g/mol. The van der Waals surface area contributed by atoms with E-state index in [1.54, 1.807) is 12.1 Å². The van der Waals surface area contributed by atoms with Gasteiger partial charge in [0.1, 0.15) is 6.61 Å². The minimum Gasteiger partial charge on any atom is -0.493 e. The molecule has 0 bridgehead atoms. The Morgan fingerprint density at radius 2 is 1.61 bits per heavy atom. The Hall–Kier alpha value is -2.73. The molecule has 0 aliphatic carbocycles. The van der Waals surface area contributed by atoms with Gasteiger partial charge in [-0.25, -0.2) is 4.79 Å². The van der Waals surface area contributed by atoms with Gasteiger partial charge in [0, 0.05) is 1.43 Å². The van der Waals surface area contributed by atoms with Crippen LogP contribution in [0.4, 0.5) is 0 Å². The van der Waals surface area contributed by atoms with Gasteiger partial charge in [-0.15, -0.1) is 0 Å². The van der Waals surface area contributed by atoms with Crippen molar-refractivity contribution in [2.45, 2.75) is 26.3 Å². The highest BCUT2D eigenvalue weighted by molar-refractivity contribution is 5.91. The van der Waals surface area contributed by atoms with Crippen LogP contribution in [0.2, 0.25) is 0 Å². The number of methoxy groups -OCH3 is 3. The minimum atomic E-state index is -0.461. The molecular formula is C22H33NO5. The predicted octanol–water partition coefficient (Wildman–Crippen LogP) is 4.28. The number of hydrogen-bond acceptors (Lipinski definition) is 6. The zero-order valence-corrected chi connectivity index (χ0v) is 16.5. The first-order chi connectivity index (χ1) is 13.0. The smallest absolute Gasteiger partial charge is 0.338 e. The van der Waals surface area contributed by atoms with Crippen LogP contribution in [0, 0.1) is 0 Å². The van der Waals surface area contributed by atoms with Crippen molar-refractivity contribution in [3.8, 4) is 17.2 Å². The maximum absolute atomic E-state index is 12.7. The third-order valence-corrected chi connectivity index (χ3v) is 4.76. The SMILES string of the molecule is C.CCC(COC(=O)c1cc(OC)c(OC)c(OC)c1)(NC)c1ccccc1.[HH]. The van der Waals surface area contributed by atoms with Crippen LogP contribution in [-0.4, -0.2) is 41.0 Å². The quantitative estimate of drug-likeness (QED) is 0.644. The maximum atomic E-state index is 12.7. The number of nitrogens with one attached hydrogen (secondary N) is 1. The molecule has 0 aliphatic heterocycles. The molecule has 2 aromatic rings. The van der Waals surface area contributed by atoms with Crippen LogP contribution in [0.3, 0.4) is 0 Å². The molecule has 0 amide bonds. The van der Waals surface area contributed by atoms with Crippen LogP contribution >= 0.6 is 0 Å². The van der Waals surface area contributed by atoms with Crippen LogP contribution < -0.4 is 19.5 Å². The van der Waals surface area contributed by atoms with Crippen LogP contribution in [0.15, 0.2) is 42.5 Å². The minimum absolute atomic E-state index is 0. The van der Waals surface area contributed by atoms with Crippen molar-refractivity contribution in [1.29, 1.82) is 0 Å². The van der Waals surface area contributed by atoms with E-state index in [0.29, 0.717) is 22.8 Å². The van der Waals surface area contributed by atoms with Gasteiger partial charge in [0.05, 0.1) is 32.4 Å². The number of rotatable bonds is 9. The molecule has 0 fully saturated rings. The first-order valence-corrected chi connectivity index (χ1v) is 8.76. The summed E-state index contributed by atoms with van der Waals surface area (Å²) in [6.45, 7) is 2.25. The van der Waals surface area contributed by atoms with Gasteiger partial charge in [0.25, 0.3) is 0 Å². The molecule has 28 heavy (non-hydrogen) atoms. The average molecular weight is 392 g/mol. The van der Waals surface area contributed by atoms with Crippen LogP contribution in [0.1, 0.15) is 38.1 Å². The number of likely N-dealkylation sites (N-methyl/N-ethyl adjacent to an activating group) is 1. The molecule has 1 atom stereocenters. The third-order valence-electron chi connectivity index (χ3n) is 4.76. The van der Waals surface area contributed by atoms with Crippen molar-refractivity contribution >= 4 is 5.97 Å². The highest BCUT2D eigenvalue weighted by Gasteiger charge is 2.30. The summed E-state index contributed by atoms with van der Waals surface area (Å²) in [6.07, 6.45) is 0.760. The molecule has 1 N–H and O–H groups in total. The second-order valence-electron chi connectivity index (χ2n) is 6.04. The Bertz CT molecular complexity index is 738. The van der Waals surface area contributed by atoms with Gasteiger partial charge in [0.15, 0.2) is 11.5 Å². The fraction of sp³-hybridized carbons (Fsp3) is 0.409. The average Bonchev–Trinajstić information content (AvgIpc) is 2.74. The highest BCUT2D eigenvalue weighted by atomic mass is 16.5. The predicted molar refractivity (Wildman–Crippen MR) is 113 cm³/mol. The highest BCUT2D eigenvalue weighted by Crippen LogP contribution is 2.38. The van der Waals surface area contributed by atoms with Crippen molar-refractivity contribution < 1.29 is 25.2 Å². The summed E-state index contributed by atoms with van der Waals surface area (Å²) >= 11 is 0. The summed E-state index contributed by atoms with van der Waals surface area (Å²) in [4.78, 5) is 12.7. The number of carbonyl (C=O) groups excluding carboxylic acids is 1. The molecule has 6 nitrogen and oxygen atoms in total. The van der Waals surface area contributed by atoms with Crippen LogP contribution in [0.25, 0.3) is 0 Å². The van der Waals surface area contributed by atoms with Crippen molar-refractivity contribution in [2.75, 3.05) is 35.0 Å². The largest absolute Gasteiger partial charge is 0.493 e. The molecule has 156 valence electrons. The maximum Gasteiger partial charge on any atom is 0.338 e. The Morgan fingerprint density at radius 1 is 1.04 bits per heavy atom. The summed E-state index contributed by atoms with van der Waals surface area (Å²) < 4.78 is 21.5. The molecule has 0 saturated carbocycles. The number of esters is 1. The van der Waals surface area contributed by atoms with Crippen LogP contribution in [-0.2, 0) is 10.3 Å². The number of ether oxygens (including phenoxy) is 4. The van der Waals surface area contributed by atoms with Crippen molar-refractivity contribution in [3.05, 3.63) is 53.6 Å². The number of carbonyl (C=O) groups is 1. The summed E-state index contributed by atoms with van der Waals surface area (Å²) in [5.74, 6) is 0.779. The lowest BCUT2D eigenvalue weighted by Crippen LogP contribution is -2.44. The fourth-order valence-electron chi connectivity index (χ4n) is 3.01. The lowest BCUT2D eigenvalue weighted by atomic mass is 9.88. The van der Waals surface area contributed by atoms with Gasteiger partial charge in [-0.2, -0.15) is 0 Å². The molecule has 2 rings (SSSR count). The van der Waals surface area contributed by atoms with Gasteiger partial charge in [-0.3, -0.25) is 0 Å². The van der Waals surface area contributed by atoms with Gasteiger partial charge in [-0.1, -0.05) is 44.7 Å². The normalized spacial score (nSPS) is 12.3. The van der Waals surface area contributed by atoms with E-state index in [9.17, 15) is 4.79 Å². The third kappa shape index (κ3) is 4.75. The fourth-order valence-corrected chi connectivity index (χ4v) is 3.01. The Kier molecular flexibility index (Phi) is 8.79. The number of benzene rings is 2. The van der Waals surface area contributed by atoms with E-state index < -0.39 is 11.5 Å². The van der Waals surface area contributed by atoms with Gasteiger partial charge < -0.3 is 24.3 Å². The molecule has 6 heteroatoms. The van der Waals surface area contributed by atoms with E-state index >= 15 is 0 Å². The van der Waals surface area contributed by atoms with E-state index in [4.69, 9.17) is 18.9 Å². The molecule has 0 saturated heterocycles. The summed E-state index contributed by atoms with van der Waals surface area (Å²) in [6, 6.07) is 13.1. The molecule has 0 aromatic heterocycles. The lowest BCUT2D eigenvalue weighted by Gasteiger charge is -2.32. The molecule has 0 radical (unpaired) electrons. The van der Waals surface area contributed by atoms with E-state index in [1.807, 2.05) is 37.4 Å². The first-order valence-electron chi connectivity index (χ1n) is 8.76. The Morgan fingerprint density at radius 3 is 2.04 bits per heavy atom. The van der Waals surface area contributed by atoms with Crippen molar-refractivity contribution in [1.82, 2.24) is 5.32 Å². The lowest BCUT2D eigenvalue weighted by molar-refractivity contribution is 0.0360. The van der Waals surface area contributed by atoms with E-state index in [2.05, 4.69) is 12.2 Å². The van der Waals surface area contributed by atoms with E-state index in [1.165, 1.54) is 21.3 Å². The monoisotopic (exact) mass is 391 g/mol. The van der Waals surface area contributed by atoms with Gasteiger partial charge in [0.2, 0.25) is 5.75 Å². The van der Waals surface area contributed by atoms with Crippen molar-refractivity contribution in [3.63, 3.8) is 0 Å². The zero-order chi connectivity index (χ0) is 19.9. The topological polar surface area (TPSA) is 66.0 Å². The summed E-state index contributed by atoms with van der Waals surface area (Å²) in [5.41, 5.74) is 0.934. The first kappa shape index (κ1) is 23.3. The van der Waals surface area contributed by atoms with Crippen molar-refractivity contribution in [2.24, 2.45) is 0 Å². The zero-order valence-electron chi connectivity index (χ0n) is 16.5. The van der Waals surface area contributed by atoms with Gasteiger partial charge in [-0.05, 0) is 31.2 Å². The Labute approximate surface area is 169 Å². The second kappa shape index (κ2) is 10.6. The number of hydrogen-bond donors (Lipinski definition) is 1. The molecule has 0 aliphatic rings. The van der Waals surface area contributed by atoms with Gasteiger partial charge >= 0.3 is 5.97 Å². The summed E-state index contributed by atoms with van der Waals surface area (Å²) in [7, 11) is 6.39. The van der Waals surface area contributed by atoms with E-state index in [0.717, 1.165) is 12.0 Å². The molecule has 0 heterocycles. The van der Waals surface area contributed by atoms with Crippen LogP contribution in [0.5, 0.6) is 17.2 Å². The molecule has 0 spiro atoms. The Balaban J connectivity index is 0.00000392. The second-order valence-corrected chi connectivity index (χ2v) is 6.04. The van der Waals surface area contributed by atoms with E-state index in [-0.39, 0.29) is 15.5 Å². The molecule has 1 unspecified atom stereocenters. The molecule has 2 aromatic carbocycles. The summed E-state index contributed by atoms with van der Waals surface area (Å²) in [5, 5.41) is 3.31. The standard InChI is InChI=1S/C21H27NO5.CH4.H2/c1-6-21(22-2,16-10-8-7-9-11-16)14-27-20(23)15-12-17(24-3)19(26-5)18(13-15)25-4;;/h7-13,22H,6,14H2,1-5H3;1H4;1H.